The highest BCUT2D eigenvalue weighted by molar-refractivity contribution is 5.79. The number of carbonyl (C=O) groups excluding carboxylic acids is 1. The largest absolute Gasteiger partial charge is 0.367 e. The van der Waals surface area contributed by atoms with Crippen molar-refractivity contribution >= 4 is 17.4 Å². The molecule has 1 aliphatic heterocycles. The number of aromatic nitrogens is 2. The van der Waals surface area contributed by atoms with Crippen LogP contribution in [0.25, 0.3) is 0 Å². The van der Waals surface area contributed by atoms with Crippen LogP contribution in [0.5, 0.6) is 0 Å². The van der Waals surface area contributed by atoms with Crippen LogP contribution in [0.4, 0.5) is 11.5 Å². The smallest absolute Gasteiger partial charge is 0.225 e. The molecule has 1 amide bonds. The summed E-state index contributed by atoms with van der Waals surface area (Å²) >= 11 is 0. The molecule has 3 rings (SSSR count). The Bertz CT molecular complexity index is 534. The fourth-order valence-electron chi connectivity index (χ4n) is 3.53. The van der Waals surface area contributed by atoms with Crippen molar-refractivity contribution < 1.29 is 4.79 Å². The molecule has 126 valence electrons. The Labute approximate surface area is 138 Å². The predicted molar refractivity (Wildman–Crippen MR) is 91.7 cm³/mol. The van der Waals surface area contributed by atoms with Crippen LogP contribution in [0.1, 0.15) is 32.1 Å². The van der Waals surface area contributed by atoms with Gasteiger partial charge in [-0.25, -0.2) is 0 Å². The third-order valence-electron chi connectivity index (χ3n) is 5.00. The zero-order valence-electron chi connectivity index (χ0n) is 14.2. The van der Waals surface area contributed by atoms with E-state index in [2.05, 4.69) is 26.1 Å². The van der Waals surface area contributed by atoms with Gasteiger partial charge in [0.25, 0.3) is 0 Å². The summed E-state index contributed by atoms with van der Waals surface area (Å²) in [6.07, 6.45) is 7.70. The normalized spacial score (nSPS) is 19.7. The Morgan fingerprint density at radius 2 is 1.83 bits per heavy atom. The molecule has 2 heterocycles. The molecule has 6 nitrogen and oxygen atoms in total. The van der Waals surface area contributed by atoms with Crippen LogP contribution in [0.3, 0.4) is 0 Å². The first-order chi connectivity index (χ1) is 11.1. The summed E-state index contributed by atoms with van der Waals surface area (Å²) in [7, 11) is 3.93. The van der Waals surface area contributed by atoms with E-state index in [1.165, 1.54) is 19.3 Å². The van der Waals surface area contributed by atoms with Crippen LogP contribution in [-0.2, 0) is 4.79 Å². The highest BCUT2D eigenvalue weighted by Crippen LogP contribution is 2.26. The van der Waals surface area contributed by atoms with Crippen LogP contribution >= 0.6 is 0 Å². The van der Waals surface area contributed by atoms with Crippen molar-refractivity contribution in [3.05, 3.63) is 12.3 Å². The van der Waals surface area contributed by atoms with Crippen molar-refractivity contribution in [3.8, 4) is 0 Å². The van der Waals surface area contributed by atoms with Gasteiger partial charge in [0.2, 0.25) is 5.91 Å². The molecule has 6 heteroatoms. The Kier molecular flexibility index (Phi) is 4.98. The van der Waals surface area contributed by atoms with Crippen LogP contribution in [0.2, 0.25) is 0 Å². The number of anilines is 2. The van der Waals surface area contributed by atoms with E-state index in [4.69, 9.17) is 0 Å². The van der Waals surface area contributed by atoms with Crippen molar-refractivity contribution in [2.24, 2.45) is 5.92 Å². The van der Waals surface area contributed by atoms with Gasteiger partial charge in [0.1, 0.15) is 0 Å². The van der Waals surface area contributed by atoms with Gasteiger partial charge in [-0.3, -0.25) is 4.79 Å². The monoisotopic (exact) mass is 317 g/mol. The maximum atomic E-state index is 12.6. The SMILES string of the molecule is CN(C)c1cc(N2CCN(C(=O)C3CCCCC3)CC2)cnn1. The molecule has 1 aromatic rings. The average molecular weight is 317 g/mol. The maximum absolute atomic E-state index is 12.6. The van der Waals surface area contributed by atoms with Gasteiger partial charge in [-0.15, -0.1) is 5.10 Å². The van der Waals surface area contributed by atoms with Gasteiger partial charge in [-0.05, 0) is 12.8 Å². The molecule has 0 aromatic carbocycles. The summed E-state index contributed by atoms with van der Waals surface area (Å²) in [5, 5.41) is 8.22. The van der Waals surface area contributed by atoms with Gasteiger partial charge >= 0.3 is 0 Å². The van der Waals surface area contributed by atoms with Gasteiger partial charge in [-0.1, -0.05) is 19.3 Å². The molecule has 0 spiro atoms. The average Bonchev–Trinajstić information content (AvgIpc) is 2.62. The number of carbonyl (C=O) groups is 1. The zero-order chi connectivity index (χ0) is 16.2. The summed E-state index contributed by atoms with van der Waals surface area (Å²) in [5.74, 6) is 1.52. The van der Waals surface area contributed by atoms with E-state index < -0.39 is 0 Å². The number of hydrogen-bond donors (Lipinski definition) is 0. The van der Waals surface area contributed by atoms with Crippen molar-refractivity contribution in [3.63, 3.8) is 0 Å². The van der Waals surface area contributed by atoms with Gasteiger partial charge in [0, 0.05) is 52.3 Å². The van der Waals surface area contributed by atoms with Gasteiger partial charge in [0.15, 0.2) is 5.82 Å². The Morgan fingerprint density at radius 3 is 2.48 bits per heavy atom. The van der Waals surface area contributed by atoms with Crippen molar-refractivity contribution in [2.45, 2.75) is 32.1 Å². The Hall–Kier alpha value is -1.85. The lowest BCUT2D eigenvalue weighted by Crippen LogP contribution is -2.50. The predicted octanol–water partition coefficient (Wildman–Crippen LogP) is 1.77. The summed E-state index contributed by atoms with van der Waals surface area (Å²) in [6.45, 7) is 3.37. The van der Waals surface area contributed by atoms with E-state index >= 15 is 0 Å². The molecule has 0 bridgehead atoms. The van der Waals surface area contributed by atoms with Gasteiger partial charge in [-0.2, -0.15) is 5.10 Å². The molecule has 0 unspecified atom stereocenters. The molecular formula is C17H27N5O. The lowest BCUT2D eigenvalue weighted by molar-refractivity contribution is -0.136. The quantitative estimate of drug-likeness (QED) is 0.850. The minimum absolute atomic E-state index is 0.276. The number of amides is 1. The second kappa shape index (κ2) is 7.15. The van der Waals surface area contributed by atoms with Crippen LogP contribution in [0.15, 0.2) is 12.3 Å². The van der Waals surface area contributed by atoms with E-state index in [9.17, 15) is 4.79 Å². The summed E-state index contributed by atoms with van der Waals surface area (Å²) in [4.78, 5) is 18.9. The topological polar surface area (TPSA) is 52.6 Å². The molecule has 2 fully saturated rings. The molecule has 0 radical (unpaired) electrons. The second-order valence-corrected chi connectivity index (χ2v) is 6.81. The Balaban J connectivity index is 1.57. The molecule has 1 aliphatic carbocycles. The molecule has 1 aromatic heterocycles. The third-order valence-corrected chi connectivity index (χ3v) is 5.00. The maximum Gasteiger partial charge on any atom is 0.225 e. The Morgan fingerprint density at radius 1 is 1.13 bits per heavy atom. The first kappa shape index (κ1) is 16.0. The van der Waals surface area contributed by atoms with Crippen LogP contribution in [0, 0.1) is 5.92 Å². The number of hydrogen-bond acceptors (Lipinski definition) is 5. The number of rotatable bonds is 3. The van der Waals surface area contributed by atoms with E-state index in [1.54, 1.807) is 0 Å². The standard InChI is InChI=1S/C17H27N5O/c1-20(2)16-12-15(13-18-19-16)21-8-10-22(11-9-21)17(23)14-6-4-3-5-7-14/h12-14H,3-11H2,1-2H3. The molecule has 0 N–H and O–H groups in total. The van der Waals surface area contributed by atoms with Crippen molar-refractivity contribution in [1.29, 1.82) is 0 Å². The van der Waals surface area contributed by atoms with E-state index in [-0.39, 0.29) is 5.92 Å². The molecule has 0 atom stereocenters. The molecular weight excluding hydrogens is 290 g/mol. The lowest BCUT2D eigenvalue weighted by atomic mass is 9.88. The fourth-order valence-corrected chi connectivity index (χ4v) is 3.53. The minimum atomic E-state index is 0.276. The van der Waals surface area contributed by atoms with Crippen molar-refractivity contribution in [2.75, 3.05) is 50.1 Å². The molecule has 23 heavy (non-hydrogen) atoms. The first-order valence-electron chi connectivity index (χ1n) is 8.69. The van der Waals surface area contributed by atoms with E-state index in [0.29, 0.717) is 5.91 Å². The molecule has 1 saturated carbocycles. The molecule has 1 saturated heterocycles. The third kappa shape index (κ3) is 3.74. The van der Waals surface area contributed by atoms with Crippen LogP contribution in [-0.4, -0.2) is 61.3 Å². The summed E-state index contributed by atoms with van der Waals surface area (Å²) in [6, 6.07) is 2.06. The van der Waals surface area contributed by atoms with E-state index in [1.807, 2.05) is 25.2 Å². The summed E-state index contributed by atoms with van der Waals surface area (Å²) < 4.78 is 0. The van der Waals surface area contributed by atoms with Crippen LogP contribution < -0.4 is 9.80 Å². The fraction of sp³-hybridized carbons (Fsp3) is 0.706. The number of piperazine rings is 1. The molecule has 2 aliphatic rings. The highest BCUT2D eigenvalue weighted by Gasteiger charge is 2.28. The zero-order valence-corrected chi connectivity index (χ0v) is 14.2. The summed E-state index contributed by atoms with van der Waals surface area (Å²) in [5.41, 5.74) is 1.09. The first-order valence-corrected chi connectivity index (χ1v) is 8.69. The minimum Gasteiger partial charge on any atom is -0.367 e. The second-order valence-electron chi connectivity index (χ2n) is 6.81. The lowest BCUT2D eigenvalue weighted by Gasteiger charge is -2.38. The van der Waals surface area contributed by atoms with Crippen molar-refractivity contribution in [1.82, 2.24) is 15.1 Å². The van der Waals surface area contributed by atoms with Gasteiger partial charge < -0.3 is 14.7 Å². The van der Waals surface area contributed by atoms with E-state index in [0.717, 1.165) is 50.5 Å². The highest BCUT2D eigenvalue weighted by atomic mass is 16.2. The number of nitrogens with zero attached hydrogens (tertiary/aromatic N) is 5. The van der Waals surface area contributed by atoms with Gasteiger partial charge in [0.05, 0.1) is 11.9 Å².